The summed E-state index contributed by atoms with van der Waals surface area (Å²) >= 11 is 0. The van der Waals surface area contributed by atoms with Crippen LogP contribution in [-0.4, -0.2) is 4.92 Å². The number of nitro benzene ring substituents is 1. The highest BCUT2D eigenvalue weighted by Crippen LogP contribution is 2.24. The number of nitrogens with zero attached hydrogens (tertiary/aromatic N) is 1. The lowest BCUT2D eigenvalue weighted by molar-refractivity contribution is -0.384. The van der Waals surface area contributed by atoms with Gasteiger partial charge in [0.1, 0.15) is 0 Å². The molecule has 110 valence electrons. The van der Waals surface area contributed by atoms with Crippen LogP contribution in [0.4, 0.5) is 11.4 Å². The van der Waals surface area contributed by atoms with E-state index in [2.05, 4.69) is 29.6 Å². The van der Waals surface area contributed by atoms with E-state index in [9.17, 15) is 10.1 Å². The minimum Gasteiger partial charge on any atom is -0.381 e. The standard InChI is InChI=1S/C18H16N2O2/c1-13-9-10-16(20(21)22)11-18(13)19-12-15-7-4-6-14-5-2-3-8-17(14)15/h2-11,19H,12H2,1H3. The van der Waals surface area contributed by atoms with Gasteiger partial charge in [-0.15, -0.1) is 0 Å². The Hall–Kier alpha value is -2.88. The summed E-state index contributed by atoms with van der Waals surface area (Å²) in [6.45, 7) is 2.57. The van der Waals surface area contributed by atoms with E-state index < -0.39 is 0 Å². The first-order valence-corrected chi connectivity index (χ1v) is 7.11. The summed E-state index contributed by atoms with van der Waals surface area (Å²) in [5, 5.41) is 16.6. The van der Waals surface area contributed by atoms with Crippen LogP contribution >= 0.6 is 0 Å². The van der Waals surface area contributed by atoms with Crippen LogP contribution in [0.15, 0.2) is 60.7 Å². The van der Waals surface area contributed by atoms with Crippen LogP contribution in [0.3, 0.4) is 0 Å². The molecule has 0 heterocycles. The topological polar surface area (TPSA) is 55.2 Å². The van der Waals surface area contributed by atoms with Crippen molar-refractivity contribution in [2.45, 2.75) is 13.5 Å². The Labute approximate surface area is 128 Å². The highest BCUT2D eigenvalue weighted by Gasteiger charge is 2.09. The van der Waals surface area contributed by atoms with Gasteiger partial charge in [-0.05, 0) is 28.8 Å². The molecule has 3 aromatic carbocycles. The molecule has 0 aliphatic rings. The summed E-state index contributed by atoms with van der Waals surface area (Å²) in [4.78, 5) is 10.5. The first kappa shape index (κ1) is 14.1. The van der Waals surface area contributed by atoms with Crippen molar-refractivity contribution in [1.82, 2.24) is 0 Å². The molecule has 3 aromatic rings. The maximum atomic E-state index is 10.9. The Balaban J connectivity index is 1.88. The Morgan fingerprint density at radius 2 is 1.82 bits per heavy atom. The molecule has 1 N–H and O–H groups in total. The van der Waals surface area contributed by atoms with Crippen molar-refractivity contribution in [2.24, 2.45) is 0 Å². The number of aryl methyl sites for hydroxylation is 1. The average Bonchev–Trinajstić information content (AvgIpc) is 2.54. The van der Waals surface area contributed by atoms with Crippen molar-refractivity contribution in [2.75, 3.05) is 5.32 Å². The van der Waals surface area contributed by atoms with Crippen LogP contribution in [0.1, 0.15) is 11.1 Å². The van der Waals surface area contributed by atoms with E-state index in [1.54, 1.807) is 12.1 Å². The zero-order valence-corrected chi connectivity index (χ0v) is 12.2. The van der Waals surface area contributed by atoms with E-state index in [-0.39, 0.29) is 10.6 Å². The molecule has 4 heteroatoms. The van der Waals surface area contributed by atoms with E-state index in [1.165, 1.54) is 22.4 Å². The molecule has 0 fully saturated rings. The molecule has 0 unspecified atom stereocenters. The predicted octanol–water partition coefficient (Wildman–Crippen LogP) is 4.67. The van der Waals surface area contributed by atoms with Gasteiger partial charge in [-0.2, -0.15) is 0 Å². The summed E-state index contributed by atoms with van der Waals surface area (Å²) in [6, 6.07) is 19.3. The normalized spacial score (nSPS) is 10.6. The van der Waals surface area contributed by atoms with Gasteiger partial charge in [-0.3, -0.25) is 10.1 Å². The predicted molar refractivity (Wildman–Crippen MR) is 89.1 cm³/mol. The van der Waals surface area contributed by atoms with Gasteiger partial charge in [0.15, 0.2) is 0 Å². The monoisotopic (exact) mass is 292 g/mol. The van der Waals surface area contributed by atoms with E-state index in [4.69, 9.17) is 0 Å². The SMILES string of the molecule is Cc1ccc([N+](=O)[O-])cc1NCc1cccc2ccccc12. The summed E-state index contributed by atoms with van der Waals surface area (Å²) in [5.41, 5.74) is 3.06. The Morgan fingerprint density at radius 3 is 2.64 bits per heavy atom. The molecular formula is C18H16N2O2. The first-order chi connectivity index (χ1) is 10.6. The number of nitro groups is 1. The molecule has 0 saturated heterocycles. The van der Waals surface area contributed by atoms with Crippen molar-refractivity contribution < 1.29 is 4.92 Å². The minimum atomic E-state index is -0.372. The second-order valence-corrected chi connectivity index (χ2v) is 5.25. The number of benzene rings is 3. The van der Waals surface area contributed by atoms with E-state index in [1.807, 2.05) is 25.1 Å². The van der Waals surface area contributed by atoms with Crippen molar-refractivity contribution in [3.63, 3.8) is 0 Å². The van der Waals surface area contributed by atoms with Gasteiger partial charge >= 0.3 is 0 Å². The van der Waals surface area contributed by atoms with Gasteiger partial charge in [0, 0.05) is 24.4 Å². The summed E-state index contributed by atoms with van der Waals surface area (Å²) in [7, 11) is 0. The van der Waals surface area contributed by atoms with E-state index in [0.29, 0.717) is 6.54 Å². The molecule has 4 nitrogen and oxygen atoms in total. The number of fused-ring (bicyclic) bond motifs is 1. The zero-order valence-electron chi connectivity index (χ0n) is 12.2. The van der Waals surface area contributed by atoms with Crippen LogP contribution < -0.4 is 5.32 Å². The number of non-ortho nitro benzene ring substituents is 1. The molecule has 0 saturated carbocycles. The van der Waals surface area contributed by atoms with Crippen LogP contribution in [0.25, 0.3) is 10.8 Å². The third-order valence-electron chi connectivity index (χ3n) is 3.78. The molecule has 0 atom stereocenters. The van der Waals surface area contributed by atoms with Crippen molar-refractivity contribution in [3.05, 3.63) is 81.9 Å². The summed E-state index contributed by atoms with van der Waals surface area (Å²) in [6.07, 6.45) is 0. The molecule has 0 aliphatic heterocycles. The van der Waals surface area contributed by atoms with Gasteiger partial charge < -0.3 is 5.32 Å². The van der Waals surface area contributed by atoms with Crippen molar-refractivity contribution in [1.29, 1.82) is 0 Å². The molecule has 0 radical (unpaired) electrons. The van der Waals surface area contributed by atoms with Gasteiger partial charge in [0.2, 0.25) is 0 Å². The molecule has 3 rings (SSSR count). The summed E-state index contributed by atoms with van der Waals surface area (Å²) in [5.74, 6) is 0. The number of anilines is 1. The van der Waals surface area contributed by atoms with Crippen LogP contribution in [0.2, 0.25) is 0 Å². The Morgan fingerprint density at radius 1 is 1.05 bits per heavy atom. The van der Waals surface area contributed by atoms with Gasteiger partial charge in [0.05, 0.1) is 4.92 Å². The Kier molecular flexibility index (Phi) is 3.74. The van der Waals surface area contributed by atoms with Gasteiger partial charge in [-0.1, -0.05) is 48.5 Å². The largest absolute Gasteiger partial charge is 0.381 e. The minimum absolute atomic E-state index is 0.103. The van der Waals surface area contributed by atoms with Crippen LogP contribution in [0.5, 0.6) is 0 Å². The van der Waals surface area contributed by atoms with Crippen molar-refractivity contribution in [3.8, 4) is 0 Å². The van der Waals surface area contributed by atoms with Crippen LogP contribution in [-0.2, 0) is 6.54 Å². The molecule has 0 spiro atoms. The lowest BCUT2D eigenvalue weighted by Crippen LogP contribution is -2.02. The van der Waals surface area contributed by atoms with Crippen molar-refractivity contribution >= 4 is 22.1 Å². The molecular weight excluding hydrogens is 276 g/mol. The van der Waals surface area contributed by atoms with Crippen LogP contribution in [0, 0.1) is 17.0 Å². The number of hydrogen-bond acceptors (Lipinski definition) is 3. The fourth-order valence-corrected chi connectivity index (χ4v) is 2.55. The zero-order chi connectivity index (χ0) is 15.5. The second kappa shape index (κ2) is 5.85. The third kappa shape index (κ3) is 2.76. The average molecular weight is 292 g/mol. The highest BCUT2D eigenvalue weighted by molar-refractivity contribution is 5.85. The molecule has 0 aromatic heterocycles. The quantitative estimate of drug-likeness (QED) is 0.561. The second-order valence-electron chi connectivity index (χ2n) is 5.25. The first-order valence-electron chi connectivity index (χ1n) is 7.11. The molecule has 0 aliphatic carbocycles. The number of nitrogens with one attached hydrogen (secondary N) is 1. The van der Waals surface area contributed by atoms with E-state index in [0.717, 1.165) is 11.3 Å². The van der Waals surface area contributed by atoms with Gasteiger partial charge in [0.25, 0.3) is 5.69 Å². The maximum absolute atomic E-state index is 10.9. The molecule has 0 amide bonds. The molecule has 0 bridgehead atoms. The highest BCUT2D eigenvalue weighted by atomic mass is 16.6. The Bertz CT molecular complexity index is 838. The van der Waals surface area contributed by atoms with E-state index >= 15 is 0 Å². The third-order valence-corrected chi connectivity index (χ3v) is 3.78. The molecule has 22 heavy (non-hydrogen) atoms. The number of rotatable bonds is 4. The maximum Gasteiger partial charge on any atom is 0.271 e. The lowest BCUT2D eigenvalue weighted by Gasteiger charge is -2.11. The van der Waals surface area contributed by atoms with Gasteiger partial charge in [-0.25, -0.2) is 0 Å². The number of hydrogen-bond donors (Lipinski definition) is 1. The smallest absolute Gasteiger partial charge is 0.271 e. The fourth-order valence-electron chi connectivity index (χ4n) is 2.55. The summed E-state index contributed by atoms with van der Waals surface area (Å²) < 4.78 is 0. The fraction of sp³-hybridized carbons (Fsp3) is 0.111. The lowest BCUT2D eigenvalue weighted by atomic mass is 10.0.